The molecule has 0 radical (unpaired) electrons. The fraction of sp³-hybridized carbons (Fsp3) is 0.231. The van der Waals surface area contributed by atoms with Gasteiger partial charge in [0.25, 0.3) is 0 Å². The Morgan fingerprint density at radius 1 is 0.902 bits per heavy atom. The van der Waals surface area contributed by atoms with Crippen LogP contribution in [0.1, 0.15) is 47.2 Å². The second-order valence-corrected chi connectivity index (χ2v) is 12.2. The van der Waals surface area contributed by atoms with E-state index in [0.29, 0.717) is 0 Å². The van der Waals surface area contributed by atoms with Crippen LogP contribution in [-0.4, -0.2) is 63.3 Å². The fourth-order valence-corrected chi connectivity index (χ4v) is 6.29. The molecule has 5 aromatic rings. The maximum Gasteiger partial charge on any atom is 0.407 e. The predicted molar refractivity (Wildman–Crippen MR) is 189 cm³/mol. The summed E-state index contributed by atoms with van der Waals surface area (Å²) in [6, 6.07) is 27.6. The molecule has 0 unspecified atom stereocenters. The first kappa shape index (κ1) is 34.6. The van der Waals surface area contributed by atoms with E-state index in [-0.39, 0.29) is 50.6 Å². The molecule has 3 N–H and O–H groups in total. The minimum Gasteiger partial charge on any atom is -0.480 e. The highest BCUT2D eigenvalue weighted by molar-refractivity contribution is 5.87. The van der Waals surface area contributed by atoms with Gasteiger partial charge in [0, 0.05) is 18.8 Å². The van der Waals surface area contributed by atoms with Crippen molar-refractivity contribution in [2.24, 2.45) is 0 Å². The third-order valence-corrected chi connectivity index (χ3v) is 8.80. The topological polar surface area (TPSA) is 162 Å². The SMILES string of the molecule is C=CCOC(=O)CC[C@H](C(=O)O)n1cc(CNC(=O)[C@H](Cc2ccc3ccccc3c2)NC(=O)OCC2c3ccccc3-c3ccccc32)nn1. The monoisotopic (exact) mass is 687 g/mol. The molecule has 0 saturated carbocycles. The van der Waals surface area contributed by atoms with Crippen LogP contribution in [0.4, 0.5) is 4.79 Å². The van der Waals surface area contributed by atoms with Crippen molar-refractivity contribution in [1.29, 1.82) is 0 Å². The lowest BCUT2D eigenvalue weighted by atomic mass is 9.98. The van der Waals surface area contributed by atoms with Crippen molar-refractivity contribution in [2.75, 3.05) is 13.2 Å². The first-order valence-corrected chi connectivity index (χ1v) is 16.6. The van der Waals surface area contributed by atoms with Crippen molar-refractivity contribution < 1.29 is 33.8 Å². The van der Waals surface area contributed by atoms with Gasteiger partial charge in [-0.3, -0.25) is 9.59 Å². The maximum absolute atomic E-state index is 13.6. The number of amides is 2. The molecule has 1 heterocycles. The van der Waals surface area contributed by atoms with Crippen LogP contribution in [0.3, 0.4) is 0 Å². The van der Waals surface area contributed by atoms with E-state index in [4.69, 9.17) is 9.47 Å². The molecule has 1 aliphatic rings. The van der Waals surface area contributed by atoms with Crippen molar-refractivity contribution in [2.45, 2.75) is 43.8 Å². The average Bonchev–Trinajstić information content (AvgIpc) is 3.74. The van der Waals surface area contributed by atoms with E-state index in [1.54, 1.807) is 0 Å². The Labute approximate surface area is 294 Å². The van der Waals surface area contributed by atoms with Crippen LogP contribution in [0, 0.1) is 0 Å². The molecule has 1 aromatic heterocycles. The van der Waals surface area contributed by atoms with Gasteiger partial charge >= 0.3 is 18.0 Å². The Morgan fingerprint density at radius 2 is 1.59 bits per heavy atom. The number of aromatic nitrogens is 3. The molecule has 260 valence electrons. The third kappa shape index (κ3) is 8.30. The molecular weight excluding hydrogens is 650 g/mol. The molecule has 2 amide bonds. The number of hydrogen-bond acceptors (Lipinski definition) is 8. The quantitative estimate of drug-likeness (QED) is 0.0976. The lowest BCUT2D eigenvalue weighted by Crippen LogP contribution is -2.48. The summed E-state index contributed by atoms with van der Waals surface area (Å²) in [5.74, 6) is -2.40. The third-order valence-electron chi connectivity index (χ3n) is 8.80. The summed E-state index contributed by atoms with van der Waals surface area (Å²) < 4.78 is 11.8. The molecular formula is C39H37N5O7. The summed E-state index contributed by atoms with van der Waals surface area (Å²) in [6.07, 6.45) is 2.04. The van der Waals surface area contributed by atoms with Gasteiger partial charge in [-0.2, -0.15) is 0 Å². The Kier molecular flexibility index (Phi) is 10.8. The summed E-state index contributed by atoms with van der Waals surface area (Å²) in [7, 11) is 0. The second-order valence-electron chi connectivity index (χ2n) is 12.2. The van der Waals surface area contributed by atoms with Gasteiger partial charge in [-0.1, -0.05) is 109 Å². The summed E-state index contributed by atoms with van der Waals surface area (Å²) in [6.45, 7) is 3.51. The number of nitrogens with one attached hydrogen (secondary N) is 2. The standard InChI is InChI=1S/C39H37N5O7/c1-2-19-50-36(45)18-17-35(38(47)48)44-23-28(42-43-44)22-40-37(46)34(21-25-15-16-26-9-3-4-10-27(26)20-25)41-39(49)51-24-33-31-13-7-5-11-29(31)30-12-6-8-14-32(30)33/h2-16,20,23,33-35H,1,17-19,21-22,24H2,(H,40,46)(H,41,49)(H,47,48)/t34-,35+/m0/s1. The van der Waals surface area contributed by atoms with E-state index in [1.165, 1.54) is 12.3 Å². The molecule has 51 heavy (non-hydrogen) atoms. The average molecular weight is 688 g/mol. The smallest absolute Gasteiger partial charge is 0.407 e. The number of hydrogen-bond donors (Lipinski definition) is 3. The summed E-state index contributed by atoms with van der Waals surface area (Å²) >= 11 is 0. The van der Waals surface area contributed by atoms with E-state index < -0.39 is 36.0 Å². The Bertz CT molecular complexity index is 2030. The summed E-state index contributed by atoms with van der Waals surface area (Å²) in [5.41, 5.74) is 5.47. The second kappa shape index (κ2) is 15.9. The van der Waals surface area contributed by atoms with Crippen molar-refractivity contribution in [3.05, 3.63) is 132 Å². The molecule has 0 fully saturated rings. The van der Waals surface area contributed by atoms with Crippen molar-refractivity contribution >= 4 is 34.7 Å². The van der Waals surface area contributed by atoms with Crippen molar-refractivity contribution in [3.8, 4) is 11.1 Å². The molecule has 12 heteroatoms. The van der Waals surface area contributed by atoms with Crippen LogP contribution in [0.5, 0.6) is 0 Å². The molecule has 0 aliphatic heterocycles. The number of carbonyl (C=O) groups excluding carboxylic acids is 3. The van der Waals surface area contributed by atoms with Gasteiger partial charge in [-0.15, -0.1) is 5.10 Å². The highest BCUT2D eigenvalue weighted by Gasteiger charge is 2.30. The van der Waals surface area contributed by atoms with Crippen molar-refractivity contribution in [3.63, 3.8) is 0 Å². The number of rotatable bonds is 15. The lowest BCUT2D eigenvalue weighted by Gasteiger charge is -2.20. The minimum absolute atomic E-state index is 0.0295. The summed E-state index contributed by atoms with van der Waals surface area (Å²) in [5, 5.41) is 25.2. The molecule has 1 aliphatic carbocycles. The molecule has 0 spiro atoms. The zero-order valence-electron chi connectivity index (χ0n) is 27.7. The molecule has 0 bridgehead atoms. The number of nitrogens with zero attached hydrogens (tertiary/aromatic N) is 3. The normalized spacial score (nSPS) is 13.0. The minimum atomic E-state index is -1.20. The molecule has 4 aromatic carbocycles. The predicted octanol–water partition coefficient (Wildman–Crippen LogP) is 5.33. The number of alkyl carbamates (subject to hydrolysis) is 1. The van der Waals surface area contributed by atoms with Crippen LogP contribution >= 0.6 is 0 Å². The Balaban J connectivity index is 1.13. The van der Waals surface area contributed by atoms with Gasteiger partial charge in [0.1, 0.15) is 24.9 Å². The molecule has 2 atom stereocenters. The number of aliphatic carboxylic acids is 1. The van der Waals surface area contributed by atoms with Crippen LogP contribution in [0.15, 0.2) is 110 Å². The van der Waals surface area contributed by atoms with E-state index in [0.717, 1.165) is 43.3 Å². The van der Waals surface area contributed by atoms with Crippen molar-refractivity contribution in [1.82, 2.24) is 25.6 Å². The van der Waals surface area contributed by atoms with Crippen LogP contribution < -0.4 is 10.6 Å². The first-order chi connectivity index (χ1) is 24.8. The Morgan fingerprint density at radius 3 is 2.29 bits per heavy atom. The van der Waals surface area contributed by atoms with E-state index >= 15 is 0 Å². The number of carbonyl (C=O) groups is 4. The van der Waals surface area contributed by atoms with E-state index in [9.17, 15) is 24.3 Å². The van der Waals surface area contributed by atoms with Gasteiger partial charge < -0.3 is 25.2 Å². The number of ether oxygens (including phenoxy) is 2. The zero-order chi connectivity index (χ0) is 35.7. The van der Waals surface area contributed by atoms with Gasteiger partial charge in [0.2, 0.25) is 5.91 Å². The van der Waals surface area contributed by atoms with Gasteiger partial charge in [0.15, 0.2) is 6.04 Å². The number of carboxylic acid groups (broad SMARTS) is 1. The van der Waals surface area contributed by atoms with Gasteiger partial charge in [-0.05, 0) is 45.0 Å². The Hall–Kier alpha value is -6.30. The highest BCUT2D eigenvalue weighted by atomic mass is 16.5. The lowest BCUT2D eigenvalue weighted by molar-refractivity contribution is -0.144. The zero-order valence-corrected chi connectivity index (χ0v) is 27.7. The van der Waals surface area contributed by atoms with Gasteiger partial charge in [-0.25, -0.2) is 14.3 Å². The first-order valence-electron chi connectivity index (χ1n) is 16.6. The molecule has 6 rings (SSSR count). The van der Waals surface area contributed by atoms with Gasteiger partial charge in [0.05, 0.1) is 12.7 Å². The highest BCUT2D eigenvalue weighted by Crippen LogP contribution is 2.44. The summed E-state index contributed by atoms with van der Waals surface area (Å²) in [4.78, 5) is 50.7. The number of esters is 1. The largest absolute Gasteiger partial charge is 0.480 e. The maximum atomic E-state index is 13.6. The molecule has 12 nitrogen and oxygen atoms in total. The number of fused-ring (bicyclic) bond motifs is 4. The van der Waals surface area contributed by atoms with E-state index in [2.05, 4.69) is 39.7 Å². The van der Waals surface area contributed by atoms with E-state index in [1.807, 2.05) is 78.9 Å². The van der Waals surface area contributed by atoms with Crippen LogP contribution in [-0.2, 0) is 36.8 Å². The van der Waals surface area contributed by atoms with Crippen LogP contribution in [0.25, 0.3) is 21.9 Å². The molecule has 0 saturated heterocycles. The number of carboxylic acids is 1. The van der Waals surface area contributed by atoms with Crippen LogP contribution in [0.2, 0.25) is 0 Å². The number of benzene rings is 4. The fourth-order valence-electron chi connectivity index (χ4n) is 6.29.